The molecule has 1 saturated carbocycles. The summed E-state index contributed by atoms with van der Waals surface area (Å²) in [7, 11) is 0. The molecule has 0 spiro atoms. The van der Waals surface area contributed by atoms with Crippen molar-refractivity contribution in [3.8, 4) is 0 Å². The summed E-state index contributed by atoms with van der Waals surface area (Å²) in [6.07, 6.45) is 4.87. The maximum absolute atomic E-state index is 12.3. The highest BCUT2D eigenvalue weighted by Crippen LogP contribution is 2.36. The number of hydrogen-bond acceptors (Lipinski definition) is 2. The van der Waals surface area contributed by atoms with Gasteiger partial charge in [0.1, 0.15) is 5.69 Å². The third-order valence-corrected chi connectivity index (χ3v) is 5.84. The van der Waals surface area contributed by atoms with Crippen molar-refractivity contribution in [1.29, 1.82) is 0 Å². The maximum atomic E-state index is 12.3. The number of hydrogen-bond donors (Lipinski definition) is 1. The second kappa shape index (κ2) is 5.90. The minimum atomic E-state index is 0.0569. The van der Waals surface area contributed by atoms with Crippen LogP contribution in [0.3, 0.4) is 0 Å². The van der Waals surface area contributed by atoms with Crippen LogP contribution in [0.25, 0.3) is 10.2 Å². The minimum absolute atomic E-state index is 0.0569. The summed E-state index contributed by atoms with van der Waals surface area (Å²) in [4.78, 5) is 12.3. The Morgan fingerprint density at radius 3 is 3.00 bits per heavy atom. The minimum Gasteiger partial charge on any atom is -0.351 e. The summed E-state index contributed by atoms with van der Waals surface area (Å²) in [5.41, 5.74) is 2.00. The fraction of sp³-hybridized carbons (Fsp3) is 0.533. The van der Waals surface area contributed by atoms with Gasteiger partial charge in [-0.3, -0.25) is 4.79 Å². The van der Waals surface area contributed by atoms with E-state index >= 15 is 0 Å². The monoisotopic (exact) mass is 354 g/mol. The Balaban J connectivity index is 1.96. The van der Waals surface area contributed by atoms with E-state index in [9.17, 15) is 4.79 Å². The highest BCUT2D eigenvalue weighted by Gasteiger charge is 2.24. The zero-order valence-electron chi connectivity index (χ0n) is 11.6. The number of nitrogens with one attached hydrogen (secondary N) is 1. The van der Waals surface area contributed by atoms with Gasteiger partial charge in [0.25, 0.3) is 5.91 Å². The van der Waals surface area contributed by atoms with Crippen LogP contribution in [-0.4, -0.2) is 17.0 Å². The average molecular weight is 355 g/mol. The predicted octanol–water partition coefficient (Wildman–Crippen LogP) is 4.41. The lowest BCUT2D eigenvalue weighted by atomic mass is 9.85. The van der Waals surface area contributed by atoms with Gasteiger partial charge in [-0.1, -0.05) is 13.3 Å². The van der Waals surface area contributed by atoms with Gasteiger partial charge in [0, 0.05) is 18.5 Å². The first-order valence-corrected chi connectivity index (χ1v) is 8.92. The molecule has 20 heavy (non-hydrogen) atoms. The number of carbonyl (C=O) groups excluding carboxylic acids is 1. The number of nitrogens with zero attached hydrogens (tertiary/aromatic N) is 1. The van der Waals surface area contributed by atoms with E-state index in [1.54, 1.807) is 11.3 Å². The molecule has 108 valence electrons. The standard InChI is InChI=1S/C15H19BrN2OS/c1-2-6-17-15(19)12-7-13-14(11(16)9-20-13)18(12)8-10-4-3-5-10/h7,9-10H,2-6,8H2,1H3,(H,17,19). The zero-order chi connectivity index (χ0) is 14.1. The fourth-order valence-electron chi connectivity index (χ4n) is 2.67. The molecule has 0 saturated heterocycles. The van der Waals surface area contributed by atoms with E-state index in [0.717, 1.165) is 35.6 Å². The molecule has 0 unspecified atom stereocenters. The summed E-state index contributed by atoms with van der Waals surface area (Å²) >= 11 is 5.32. The third kappa shape index (κ3) is 2.53. The van der Waals surface area contributed by atoms with E-state index in [2.05, 4.69) is 38.1 Å². The van der Waals surface area contributed by atoms with Gasteiger partial charge in [-0.15, -0.1) is 11.3 Å². The summed E-state index contributed by atoms with van der Waals surface area (Å²) in [5, 5.41) is 5.10. The molecule has 0 aromatic carbocycles. The average Bonchev–Trinajstić information content (AvgIpc) is 2.92. The van der Waals surface area contributed by atoms with Crippen LogP contribution in [0.4, 0.5) is 0 Å². The van der Waals surface area contributed by atoms with Crippen LogP contribution < -0.4 is 5.32 Å². The number of halogens is 1. The number of amides is 1. The van der Waals surface area contributed by atoms with Gasteiger partial charge < -0.3 is 9.88 Å². The van der Waals surface area contributed by atoms with E-state index in [1.807, 2.05) is 6.07 Å². The number of aromatic nitrogens is 1. The van der Waals surface area contributed by atoms with Crippen molar-refractivity contribution in [2.45, 2.75) is 39.2 Å². The molecule has 5 heteroatoms. The van der Waals surface area contributed by atoms with Gasteiger partial charge in [-0.25, -0.2) is 0 Å². The Morgan fingerprint density at radius 2 is 2.35 bits per heavy atom. The van der Waals surface area contributed by atoms with Crippen LogP contribution in [0.5, 0.6) is 0 Å². The largest absolute Gasteiger partial charge is 0.351 e. The molecule has 2 aromatic rings. The molecule has 1 amide bonds. The Morgan fingerprint density at radius 1 is 1.55 bits per heavy atom. The number of carbonyl (C=O) groups is 1. The van der Waals surface area contributed by atoms with Gasteiger partial charge in [-0.2, -0.15) is 0 Å². The molecular weight excluding hydrogens is 336 g/mol. The molecule has 0 atom stereocenters. The quantitative estimate of drug-likeness (QED) is 0.847. The molecule has 1 fully saturated rings. The van der Waals surface area contributed by atoms with Crippen molar-refractivity contribution in [1.82, 2.24) is 9.88 Å². The molecule has 1 aliphatic rings. The topological polar surface area (TPSA) is 34.0 Å². The highest BCUT2D eigenvalue weighted by atomic mass is 79.9. The molecule has 1 N–H and O–H groups in total. The normalized spacial score (nSPS) is 15.5. The Kier molecular flexibility index (Phi) is 4.17. The van der Waals surface area contributed by atoms with Crippen LogP contribution in [0.15, 0.2) is 15.9 Å². The lowest BCUT2D eigenvalue weighted by molar-refractivity contribution is 0.0942. The lowest BCUT2D eigenvalue weighted by Crippen LogP contribution is -2.28. The van der Waals surface area contributed by atoms with Gasteiger partial charge >= 0.3 is 0 Å². The van der Waals surface area contributed by atoms with Crippen molar-refractivity contribution < 1.29 is 4.79 Å². The first-order valence-electron chi connectivity index (χ1n) is 7.25. The van der Waals surface area contributed by atoms with E-state index in [0.29, 0.717) is 0 Å². The van der Waals surface area contributed by atoms with Crippen molar-refractivity contribution in [2.75, 3.05) is 6.54 Å². The number of rotatable bonds is 5. The summed E-state index contributed by atoms with van der Waals surface area (Å²) in [6.45, 7) is 3.78. The first kappa shape index (κ1) is 14.1. The molecule has 2 heterocycles. The van der Waals surface area contributed by atoms with Gasteiger partial charge in [-0.05, 0) is 47.2 Å². The van der Waals surface area contributed by atoms with E-state index in [1.165, 1.54) is 29.5 Å². The zero-order valence-corrected chi connectivity index (χ0v) is 14.0. The smallest absolute Gasteiger partial charge is 0.267 e. The molecular formula is C15H19BrN2OS. The van der Waals surface area contributed by atoms with Crippen LogP contribution >= 0.6 is 27.3 Å². The summed E-state index contributed by atoms with van der Waals surface area (Å²) < 4.78 is 4.51. The first-order chi connectivity index (χ1) is 9.70. The van der Waals surface area contributed by atoms with Gasteiger partial charge in [0.05, 0.1) is 14.7 Å². The number of fused-ring (bicyclic) bond motifs is 1. The molecule has 1 aliphatic carbocycles. The second-order valence-electron chi connectivity index (χ2n) is 5.49. The van der Waals surface area contributed by atoms with Crippen LogP contribution in [0, 0.1) is 5.92 Å². The predicted molar refractivity (Wildman–Crippen MR) is 87.5 cm³/mol. The van der Waals surface area contributed by atoms with Crippen molar-refractivity contribution in [2.24, 2.45) is 5.92 Å². The molecule has 0 aliphatic heterocycles. The fourth-order valence-corrected chi connectivity index (χ4v) is 4.36. The highest BCUT2D eigenvalue weighted by molar-refractivity contribution is 9.10. The Hall–Kier alpha value is -0.810. The van der Waals surface area contributed by atoms with Crippen LogP contribution in [-0.2, 0) is 6.54 Å². The van der Waals surface area contributed by atoms with Gasteiger partial charge in [0.2, 0.25) is 0 Å². The van der Waals surface area contributed by atoms with E-state index < -0.39 is 0 Å². The van der Waals surface area contributed by atoms with E-state index in [4.69, 9.17) is 0 Å². The Labute approximate surface area is 131 Å². The summed E-state index contributed by atoms with van der Waals surface area (Å²) in [5.74, 6) is 0.789. The molecule has 3 rings (SSSR count). The Bertz CT molecular complexity index is 627. The van der Waals surface area contributed by atoms with Crippen molar-refractivity contribution in [3.63, 3.8) is 0 Å². The molecule has 0 radical (unpaired) electrons. The molecule has 0 bridgehead atoms. The van der Waals surface area contributed by atoms with E-state index in [-0.39, 0.29) is 5.91 Å². The second-order valence-corrected chi connectivity index (χ2v) is 7.26. The van der Waals surface area contributed by atoms with Crippen LogP contribution in [0.2, 0.25) is 0 Å². The molecule has 2 aromatic heterocycles. The SMILES string of the molecule is CCCNC(=O)c1cc2scc(Br)c2n1CC1CCC1. The third-order valence-electron chi connectivity index (χ3n) is 4.01. The van der Waals surface area contributed by atoms with Crippen molar-refractivity contribution >= 4 is 43.4 Å². The number of thiophene rings is 1. The summed E-state index contributed by atoms with van der Waals surface area (Å²) in [6, 6.07) is 2.04. The molecule has 3 nitrogen and oxygen atoms in total. The lowest BCUT2D eigenvalue weighted by Gasteiger charge is -2.27. The van der Waals surface area contributed by atoms with Crippen LogP contribution in [0.1, 0.15) is 43.1 Å². The maximum Gasteiger partial charge on any atom is 0.267 e. The van der Waals surface area contributed by atoms with Gasteiger partial charge in [0.15, 0.2) is 0 Å². The van der Waals surface area contributed by atoms with Crippen molar-refractivity contribution in [3.05, 3.63) is 21.6 Å².